The number of halogens is 2. The summed E-state index contributed by atoms with van der Waals surface area (Å²) in [5.74, 6) is 1.17. The van der Waals surface area contributed by atoms with Crippen molar-refractivity contribution in [1.82, 2.24) is 5.43 Å². The SMILES string of the molecule is CCOc1cc(/C=N/NC(=O)Cc2ccc(C)cc2)cc(I)c1OCc1ccc(Br)cc1. The van der Waals surface area contributed by atoms with Gasteiger partial charge in [-0.2, -0.15) is 5.10 Å². The highest BCUT2D eigenvalue weighted by molar-refractivity contribution is 14.1. The molecule has 0 heterocycles. The number of benzene rings is 3. The molecule has 0 spiro atoms. The summed E-state index contributed by atoms with van der Waals surface area (Å²) in [7, 11) is 0. The van der Waals surface area contributed by atoms with Crippen LogP contribution < -0.4 is 14.9 Å². The summed E-state index contributed by atoms with van der Waals surface area (Å²) in [6, 6.07) is 19.7. The number of amides is 1. The van der Waals surface area contributed by atoms with Gasteiger partial charge in [0.05, 0.1) is 22.8 Å². The predicted molar refractivity (Wildman–Crippen MR) is 139 cm³/mol. The average molecular weight is 607 g/mol. The molecule has 3 rings (SSSR count). The van der Waals surface area contributed by atoms with E-state index >= 15 is 0 Å². The second-order valence-electron chi connectivity index (χ2n) is 7.13. The second-order valence-corrected chi connectivity index (χ2v) is 9.21. The zero-order chi connectivity index (χ0) is 22.9. The molecule has 3 aromatic carbocycles. The minimum absolute atomic E-state index is 0.167. The van der Waals surface area contributed by atoms with E-state index in [4.69, 9.17) is 9.47 Å². The zero-order valence-corrected chi connectivity index (χ0v) is 21.6. The third-order valence-electron chi connectivity index (χ3n) is 4.52. The highest BCUT2D eigenvalue weighted by atomic mass is 127. The first-order chi connectivity index (χ1) is 15.4. The lowest BCUT2D eigenvalue weighted by Gasteiger charge is -2.15. The fraction of sp³-hybridized carbons (Fsp3) is 0.200. The number of hydrogen-bond donors (Lipinski definition) is 1. The normalized spacial score (nSPS) is 10.9. The van der Waals surface area contributed by atoms with Gasteiger partial charge in [0, 0.05) is 4.47 Å². The van der Waals surface area contributed by atoms with Gasteiger partial charge in [-0.25, -0.2) is 5.43 Å². The Hall–Kier alpha value is -2.39. The third-order valence-corrected chi connectivity index (χ3v) is 5.85. The first-order valence-electron chi connectivity index (χ1n) is 10.2. The molecule has 0 bridgehead atoms. The maximum absolute atomic E-state index is 12.1. The molecule has 0 aliphatic carbocycles. The van der Waals surface area contributed by atoms with Gasteiger partial charge in [-0.05, 0) is 77.4 Å². The maximum Gasteiger partial charge on any atom is 0.244 e. The Balaban J connectivity index is 1.65. The number of nitrogens with zero attached hydrogens (tertiary/aromatic N) is 1. The topological polar surface area (TPSA) is 59.9 Å². The van der Waals surface area contributed by atoms with Crippen molar-refractivity contribution in [1.29, 1.82) is 0 Å². The van der Waals surface area contributed by atoms with Crippen LogP contribution in [-0.4, -0.2) is 18.7 Å². The molecule has 5 nitrogen and oxygen atoms in total. The van der Waals surface area contributed by atoms with Crippen molar-refractivity contribution in [3.05, 3.63) is 91.0 Å². The van der Waals surface area contributed by atoms with Gasteiger partial charge in [-0.3, -0.25) is 4.79 Å². The Morgan fingerprint density at radius 1 is 1.06 bits per heavy atom. The molecule has 1 N–H and O–H groups in total. The molecule has 32 heavy (non-hydrogen) atoms. The average Bonchev–Trinajstić information content (AvgIpc) is 2.76. The monoisotopic (exact) mass is 606 g/mol. The number of hydrazone groups is 1. The summed E-state index contributed by atoms with van der Waals surface area (Å²) < 4.78 is 13.8. The smallest absolute Gasteiger partial charge is 0.244 e. The number of carbonyl (C=O) groups excluding carboxylic acids is 1. The number of ether oxygens (including phenoxy) is 2. The lowest BCUT2D eigenvalue weighted by Crippen LogP contribution is -2.19. The minimum atomic E-state index is -0.167. The Labute approximate surface area is 210 Å². The van der Waals surface area contributed by atoms with E-state index < -0.39 is 0 Å². The number of hydrogen-bond acceptors (Lipinski definition) is 4. The Kier molecular flexibility index (Phi) is 9.11. The van der Waals surface area contributed by atoms with Crippen LogP contribution in [0.15, 0.2) is 70.2 Å². The van der Waals surface area contributed by atoms with Gasteiger partial charge in [0.25, 0.3) is 0 Å². The Bertz CT molecular complexity index is 1080. The van der Waals surface area contributed by atoms with Crippen LogP contribution in [0.25, 0.3) is 0 Å². The molecule has 1 amide bonds. The summed E-state index contributed by atoms with van der Waals surface area (Å²) in [6.45, 7) is 4.89. The summed E-state index contributed by atoms with van der Waals surface area (Å²) in [5, 5.41) is 4.10. The molecule has 0 saturated heterocycles. The summed E-state index contributed by atoms with van der Waals surface area (Å²) in [5.41, 5.74) is 6.57. The lowest BCUT2D eigenvalue weighted by atomic mass is 10.1. The van der Waals surface area contributed by atoms with Gasteiger partial charge < -0.3 is 9.47 Å². The van der Waals surface area contributed by atoms with Crippen LogP contribution >= 0.6 is 38.5 Å². The van der Waals surface area contributed by atoms with Crippen LogP contribution in [0.5, 0.6) is 11.5 Å². The lowest BCUT2D eigenvalue weighted by molar-refractivity contribution is -0.120. The molecule has 0 radical (unpaired) electrons. The first-order valence-corrected chi connectivity index (χ1v) is 12.0. The highest BCUT2D eigenvalue weighted by Gasteiger charge is 2.12. The highest BCUT2D eigenvalue weighted by Crippen LogP contribution is 2.34. The number of nitrogens with one attached hydrogen (secondary N) is 1. The van der Waals surface area contributed by atoms with E-state index in [0.717, 1.165) is 30.3 Å². The van der Waals surface area contributed by atoms with E-state index in [1.54, 1.807) is 6.21 Å². The molecular weight excluding hydrogens is 583 g/mol. The Morgan fingerprint density at radius 3 is 2.44 bits per heavy atom. The second kappa shape index (κ2) is 12.0. The zero-order valence-electron chi connectivity index (χ0n) is 17.9. The molecule has 0 aromatic heterocycles. The molecule has 7 heteroatoms. The van der Waals surface area contributed by atoms with Crippen molar-refractivity contribution >= 4 is 50.6 Å². The van der Waals surface area contributed by atoms with Crippen LogP contribution in [0.1, 0.15) is 29.2 Å². The van der Waals surface area contributed by atoms with Crippen molar-refractivity contribution in [3.63, 3.8) is 0 Å². The molecule has 0 aliphatic heterocycles. The van der Waals surface area contributed by atoms with Gasteiger partial charge in [0.1, 0.15) is 6.61 Å². The van der Waals surface area contributed by atoms with Gasteiger partial charge in [-0.15, -0.1) is 0 Å². The summed E-state index contributed by atoms with van der Waals surface area (Å²) >= 11 is 5.66. The first kappa shape index (κ1) is 24.3. The van der Waals surface area contributed by atoms with E-state index in [0.29, 0.717) is 24.7 Å². The van der Waals surface area contributed by atoms with Crippen LogP contribution in [0.3, 0.4) is 0 Å². The van der Waals surface area contributed by atoms with Crippen LogP contribution in [0.4, 0.5) is 0 Å². The van der Waals surface area contributed by atoms with Crippen molar-refractivity contribution < 1.29 is 14.3 Å². The largest absolute Gasteiger partial charge is 0.490 e. The molecule has 0 unspecified atom stereocenters. The van der Waals surface area contributed by atoms with Crippen LogP contribution in [0.2, 0.25) is 0 Å². The molecule has 0 atom stereocenters. The third kappa shape index (κ3) is 7.34. The molecule has 3 aromatic rings. The predicted octanol–water partition coefficient (Wildman–Crippen LogP) is 6.03. The number of carbonyl (C=O) groups is 1. The summed E-state index contributed by atoms with van der Waals surface area (Å²) in [6.07, 6.45) is 1.89. The summed E-state index contributed by atoms with van der Waals surface area (Å²) in [4.78, 5) is 12.1. The van der Waals surface area contributed by atoms with E-state index in [2.05, 4.69) is 49.0 Å². The van der Waals surface area contributed by atoms with Crippen LogP contribution in [0, 0.1) is 10.5 Å². The van der Waals surface area contributed by atoms with Crippen molar-refractivity contribution in [3.8, 4) is 11.5 Å². The van der Waals surface area contributed by atoms with Crippen molar-refractivity contribution in [2.75, 3.05) is 6.61 Å². The van der Waals surface area contributed by atoms with Gasteiger partial charge in [0.2, 0.25) is 5.91 Å². The fourth-order valence-electron chi connectivity index (χ4n) is 2.91. The molecule has 0 saturated carbocycles. The number of rotatable bonds is 9. The standard InChI is InChI=1S/C25H24BrIN2O3/c1-3-31-23-13-20(15-28-29-24(30)14-18-6-4-17(2)5-7-18)12-22(27)25(23)32-16-19-8-10-21(26)11-9-19/h4-13,15H,3,14,16H2,1-2H3,(H,29,30)/b28-15+. The van der Waals surface area contributed by atoms with Gasteiger partial charge in [0.15, 0.2) is 11.5 Å². The van der Waals surface area contributed by atoms with E-state index in [-0.39, 0.29) is 12.3 Å². The maximum atomic E-state index is 12.1. The fourth-order valence-corrected chi connectivity index (χ4v) is 3.96. The number of aryl methyl sites for hydroxylation is 1. The van der Waals surface area contributed by atoms with Crippen molar-refractivity contribution in [2.24, 2.45) is 5.10 Å². The quantitative estimate of drug-likeness (QED) is 0.184. The minimum Gasteiger partial charge on any atom is -0.490 e. The van der Waals surface area contributed by atoms with Gasteiger partial charge >= 0.3 is 0 Å². The van der Waals surface area contributed by atoms with Gasteiger partial charge in [-0.1, -0.05) is 57.9 Å². The van der Waals surface area contributed by atoms with Crippen molar-refractivity contribution in [2.45, 2.75) is 26.9 Å². The molecule has 0 fully saturated rings. The molecule has 0 aliphatic rings. The molecule has 166 valence electrons. The van der Waals surface area contributed by atoms with E-state index in [9.17, 15) is 4.79 Å². The Morgan fingerprint density at radius 2 is 1.75 bits per heavy atom. The molecular formula is C25H24BrIN2O3. The van der Waals surface area contributed by atoms with E-state index in [1.165, 1.54) is 0 Å². The van der Waals surface area contributed by atoms with E-state index in [1.807, 2.05) is 74.5 Å². The van der Waals surface area contributed by atoms with Crippen LogP contribution in [-0.2, 0) is 17.8 Å².